The summed E-state index contributed by atoms with van der Waals surface area (Å²) in [5.41, 5.74) is 0.476. The third-order valence-electron chi connectivity index (χ3n) is 3.04. The van der Waals surface area contributed by atoms with E-state index in [1.165, 1.54) is 0 Å². The quantitative estimate of drug-likeness (QED) is 0.799. The van der Waals surface area contributed by atoms with E-state index in [9.17, 15) is 18.0 Å². The van der Waals surface area contributed by atoms with Gasteiger partial charge < -0.3 is 10.6 Å². The van der Waals surface area contributed by atoms with Crippen molar-refractivity contribution in [2.24, 2.45) is 0 Å². The number of rotatable bonds is 4. The molecular weight excluding hydrogens is 280 g/mol. The van der Waals surface area contributed by atoms with E-state index in [0.29, 0.717) is 12.0 Å². The molecule has 0 bridgehead atoms. The Morgan fingerprint density at radius 1 is 1.20 bits per heavy atom. The van der Waals surface area contributed by atoms with Crippen molar-refractivity contribution in [1.82, 2.24) is 10.6 Å². The van der Waals surface area contributed by atoms with Crippen molar-refractivity contribution >= 4 is 21.7 Å². The minimum atomic E-state index is -3.02. The van der Waals surface area contributed by atoms with Crippen LogP contribution in [0.25, 0.3) is 0 Å². The van der Waals surface area contributed by atoms with Crippen LogP contribution in [0, 0.1) is 0 Å². The zero-order valence-electron chi connectivity index (χ0n) is 10.8. The summed E-state index contributed by atoms with van der Waals surface area (Å²) in [6, 6.07) is 8.22. The van der Waals surface area contributed by atoms with Crippen molar-refractivity contribution in [1.29, 1.82) is 0 Å². The fourth-order valence-corrected chi connectivity index (χ4v) is 3.71. The number of benzene rings is 1. The second-order valence-electron chi connectivity index (χ2n) is 4.72. The van der Waals surface area contributed by atoms with E-state index in [0.717, 1.165) is 0 Å². The van der Waals surface area contributed by atoms with Crippen LogP contribution in [0.15, 0.2) is 30.3 Å². The lowest BCUT2D eigenvalue weighted by atomic mass is 10.2. The van der Waals surface area contributed by atoms with E-state index in [1.54, 1.807) is 30.3 Å². The van der Waals surface area contributed by atoms with Gasteiger partial charge in [0.2, 0.25) is 5.91 Å². The Kier molecular flexibility index (Phi) is 4.39. The highest BCUT2D eigenvalue weighted by Crippen LogP contribution is 2.10. The maximum absolute atomic E-state index is 11.7. The minimum absolute atomic E-state index is 0.0224. The Morgan fingerprint density at radius 2 is 1.90 bits per heavy atom. The Hall–Kier alpha value is -1.89. The molecule has 1 atom stereocenters. The molecule has 1 heterocycles. The van der Waals surface area contributed by atoms with Gasteiger partial charge in [0.05, 0.1) is 18.1 Å². The average molecular weight is 296 g/mol. The minimum Gasteiger partial charge on any atom is -0.351 e. The van der Waals surface area contributed by atoms with Gasteiger partial charge in [-0.1, -0.05) is 18.2 Å². The second kappa shape index (κ2) is 6.04. The first-order valence-corrected chi connectivity index (χ1v) is 8.11. The lowest BCUT2D eigenvalue weighted by Crippen LogP contribution is -2.42. The Morgan fingerprint density at radius 3 is 2.50 bits per heavy atom. The van der Waals surface area contributed by atoms with Gasteiger partial charge in [-0.3, -0.25) is 9.59 Å². The maximum Gasteiger partial charge on any atom is 0.251 e. The predicted octanol–water partition coefficient (Wildman–Crippen LogP) is -0.280. The SMILES string of the molecule is O=C(CNC(=O)c1ccccc1)NC1CCS(=O)(=O)C1. The van der Waals surface area contributed by atoms with E-state index in [1.807, 2.05) is 0 Å². The first-order chi connectivity index (χ1) is 9.46. The summed E-state index contributed by atoms with van der Waals surface area (Å²) in [6.45, 7) is -0.162. The highest BCUT2D eigenvalue weighted by molar-refractivity contribution is 7.91. The monoisotopic (exact) mass is 296 g/mol. The summed E-state index contributed by atoms with van der Waals surface area (Å²) in [6.07, 6.45) is 0.431. The second-order valence-corrected chi connectivity index (χ2v) is 6.94. The van der Waals surface area contributed by atoms with Crippen LogP contribution in [-0.2, 0) is 14.6 Å². The van der Waals surface area contributed by atoms with Gasteiger partial charge in [-0.15, -0.1) is 0 Å². The molecule has 0 radical (unpaired) electrons. The van der Waals surface area contributed by atoms with Crippen LogP contribution in [0.4, 0.5) is 0 Å². The number of carbonyl (C=O) groups is 2. The predicted molar refractivity (Wildman–Crippen MR) is 74.0 cm³/mol. The molecule has 0 aliphatic carbocycles. The van der Waals surface area contributed by atoms with E-state index in [2.05, 4.69) is 10.6 Å². The lowest BCUT2D eigenvalue weighted by molar-refractivity contribution is -0.120. The van der Waals surface area contributed by atoms with Crippen molar-refractivity contribution in [3.63, 3.8) is 0 Å². The molecule has 1 aliphatic heterocycles. The van der Waals surface area contributed by atoms with Gasteiger partial charge in [-0.25, -0.2) is 8.42 Å². The average Bonchev–Trinajstić information content (AvgIpc) is 2.76. The molecule has 1 aromatic rings. The fraction of sp³-hybridized carbons (Fsp3) is 0.385. The number of hydrogen-bond donors (Lipinski definition) is 2. The topological polar surface area (TPSA) is 92.3 Å². The van der Waals surface area contributed by atoms with E-state index >= 15 is 0 Å². The molecule has 2 rings (SSSR count). The molecule has 0 spiro atoms. The number of sulfone groups is 1. The van der Waals surface area contributed by atoms with Gasteiger partial charge in [0.1, 0.15) is 0 Å². The molecule has 1 unspecified atom stereocenters. The van der Waals surface area contributed by atoms with Crippen molar-refractivity contribution < 1.29 is 18.0 Å². The molecule has 1 saturated heterocycles. The van der Waals surface area contributed by atoms with Crippen LogP contribution in [0.1, 0.15) is 16.8 Å². The van der Waals surface area contributed by atoms with Crippen LogP contribution >= 0.6 is 0 Å². The highest BCUT2D eigenvalue weighted by Gasteiger charge is 2.28. The van der Waals surface area contributed by atoms with Crippen LogP contribution < -0.4 is 10.6 Å². The molecule has 7 heteroatoms. The van der Waals surface area contributed by atoms with Gasteiger partial charge in [-0.2, -0.15) is 0 Å². The number of nitrogens with one attached hydrogen (secondary N) is 2. The maximum atomic E-state index is 11.7. The summed E-state index contributed by atoms with van der Waals surface area (Å²) in [5.74, 6) is -0.629. The Bertz CT molecular complexity index is 598. The summed E-state index contributed by atoms with van der Waals surface area (Å²) in [4.78, 5) is 23.3. The van der Waals surface area contributed by atoms with Crippen molar-refractivity contribution in [3.05, 3.63) is 35.9 Å². The molecule has 0 aromatic heterocycles. The third-order valence-corrected chi connectivity index (χ3v) is 4.81. The molecule has 0 saturated carbocycles. The highest BCUT2D eigenvalue weighted by atomic mass is 32.2. The fourth-order valence-electron chi connectivity index (χ4n) is 2.04. The van der Waals surface area contributed by atoms with Crippen LogP contribution in [0.3, 0.4) is 0 Å². The molecule has 108 valence electrons. The first kappa shape index (κ1) is 14.5. The largest absolute Gasteiger partial charge is 0.351 e. The van der Waals surface area contributed by atoms with Crippen molar-refractivity contribution in [3.8, 4) is 0 Å². The normalized spacial score (nSPS) is 20.3. The van der Waals surface area contributed by atoms with Gasteiger partial charge in [0.25, 0.3) is 5.91 Å². The Labute approximate surface area is 117 Å². The molecule has 2 N–H and O–H groups in total. The molecular formula is C13H16N2O4S. The number of amides is 2. The molecule has 1 aliphatic rings. The zero-order chi connectivity index (χ0) is 14.6. The van der Waals surface area contributed by atoms with Gasteiger partial charge in [-0.05, 0) is 18.6 Å². The van der Waals surface area contributed by atoms with Crippen molar-refractivity contribution in [2.45, 2.75) is 12.5 Å². The standard InChI is InChI=1S/C13H16N2O4S/c16-12(15-11-6-7-20(18,19)9-11)8-14-13(17)10-4-2-1-3-5-10/h1-5,11H,6-9H2,(H,14,17)(H,15,16). The Balaban J connectivity index is 1.77. The zero-order valence-corrected chi connectivity index (χ0v) is 11.7. The van der Waals surface area contributed by atoms with Gasteiger partial charge in [0, 0.05) is 11.6 Å². The molecule has 20 heavy (non-hydrogen) atoms. The van der Waals surface area contributed by atoms with Crippen LogP contribution in [0.5, 0.6) is 0 Å². The van der Waals surface area contributed by atoms with E-state index in [-0.39, 0.29) is 35.9 Å². The van der Waals surface area contributed by atoms with Gasteiger partial charge in [0.15, 0.2) is 9.84 Å². The lowest BCUT2D eigenvalue weighted by Gasteiger charge is -2.11. The molecule has 1 aromatic carbocycles. The molecule has 1 fully saturated rings. The summed E-state index contributed by atoms with van der Waals surface area (Å²) >= 11 is 0. The summed E-state index contributed by atoms with van der Waals surface area (Å²) < 4.78 is 22.5. The third kappa shape index (κ3) is 4.06. The van der Waals surface area contributed by atoms with E-state index < -0.39 is 9.84 Å². The summed E-state index contributed by atoms with van der Waals surface area (Å²) in [7, 11) is -3.02. The number of carbonyl (C=O) groups excluding carboxylic acids is 2. The van der Waals surface area contributed by atoms with Crippen LogP contribution in [0.2, 0.25) is 0 Å². The molecule has 6 nitrogen and oxygen atoms in total. The van der Waals surface area contributed by atoms with E-state index in [4.69, 9.17) is 0 Å². The summed E-state index contributed by atoms with van der Waals surface area (Å²) in [5, 5.41) is 5.10. The number of hydrogen-bond acceptors (Lipinski definition) is 4. The smallest absolute Gasteiger partial charge is 0.251 e. The molecule has 2 amide bonds. The van der Waals surface area contributed by atoms with Crippen LogP contribution in [-0.4, -0.2) is 44.3 Å². The van der Waals surface area contributed by atoms with Crippen molar-refractivity contribution in [2.75, 3.05) is 18.1 Å². The van der Waals surface area contributed by atoms with Gasteiger partial charge >= 0.3 is 0 Å². The first-order valence-electron chi connectivity index (χ1n) is 6.29.